The zero-order valence-electron chi connectivity index (χ0n) is 15.7. The third kappa shape index (κ3) is 5.67. The maximum absolute atomic E-state index is 12.4. The molecule has 1 amide bonds. The summed E-state index contributed by atoms with van der Waals surface area (Å²) >= 11 is 5.92. The van der Waals surface area contributed by atoms with Gasteiger partial charge >= 0.3 is 0 Å². The first-order chi connectivity index (χ1) is 13.2. The Labute approximate surface area is 168 Å². The van der Waals surface area contributed by atoms with Crippen molar-refractivity contribution in [1.29, 1.82) is 0 Å². The van der Waals surface area contributed by atoms with E-state index in [1.165, 1.54) is 0 Å². The molecule has 2 aromatic carbocycles. The third-order valence-corrected chi connectivity index (χ3v) is 4.05. The minimum atomic E-state index is -1.16. The third-order valence-electron chi connectivity index (χ3n) is 3.80. The van der Waals surface area contributed by atoms with Gasteiger partial charge in [-0.3, -0.25) is 4.79 Å². The van der Waals surface area contributed by atoms with Crippen LogP contribution in [-0.4, -0.2) is 11.5 Å². The zero-order valence-corrected chi connectivity index (χ0v) is 16.5. The number of benzene rings is 2. The molecule has 0 aliphatic carbocycles. The summed E-state index contributed by atoms with van der Waals surface area (Å²) in [5, 5.41) is 10.0. The van der Waals surface area contributed by atoms with E-state index in [-0.39, 0.29) is 5.82 Å². The summed E-state index contributed by atoms with van der Waals surface area (Å²) in [6, 6.07) is 14.8. The summed E-state index contributed by atoms with van der Waals surface area (Å²) in [7, 11) is 0. The Kier molecular flexibility index (Phi) is 6.92. The largest absolute Gasteiger partial charge is 0.478 e. The Hall–Kier alpha value is -3.16. The van der Waals surface area contributed by atoms with E-state index in [0.717, 1.165) is 16.7 Å². The van der Waals surface area contributed by atoms with Gasteiger partial charge in [0, 0.05) is 5.02 Å². The smallest absolute Gasteiger partial charge is 0.269 e. The van der Waals surface area contributed by atoms with E-state index in [1.54, 1.807) is 26.0 Å². The van der Waals surface area contributed by atoms with Gasteiger partial charge in [0.25, 0.3) is 5.91 Å². The van der Waals surface area contributed by atoms with E-state index in [9.17, 15) is 4.79 Å². The second-order valence-electron chi connectivity index (χ2n) is 6.35. The molecule has 8 heteroatoms. The molecule has 7 nitrogen and oxygen atoms in total. The van der Waals surface area contributed by atoms with E-state index >= 15 is 0 Å². The van der Waals surface area contributed by atoms with Gasteiger partial charge in [0.1, 0.15) is 11.6 Å². The summed E-state index contributed by atoms with van der Waals surface area (Å²) in [5.74, 6) is 5.11. The molecule has 0 saturated carbocycles. The van der Waals surface area contributed by atoms with Crippen molar-refractivity contribution >= 4 is 23.1 Å². The molecular formula is C20H22ClN5O2. The maximum atomic E-state index is 12.4. The van der Waals surface area contributed by atoms with Crippen LogP contribution in [0, 0.1) is 0 Å². The number of rotatable bonds is 8. The van der Waals surface area contributed by atoms with Crippen molar-refractivity contribution in [2.24, 2.45) is 16.2 Å². The number of hydrazine groups is 1. The van der Waals surface area contributed by atoms with Crippen LogP contribution in [-0.2, 0) is 4.79 Å². The van der Waals surface area contributed by atoms with Crippen LogP contribution < -0.4 is 21.4 Å². The number of nitrogens with zero attached hydrogens (tertiary/aromatic N) is 2. The predicted molar refractivity (Wildman–Crippen MR) is 110 cm³/mol. The Morgan fingerprint density at radius 1 is 1.07 bits per heavy atom. The first kappa shape index (κ1) is 21.1. The highest BCUT2D eigenvalue weighted by Crippen LogP contribution is 2.26. The van der Waals surface area contributed by atoms with Gasteiger partial charge in [0.2, 0.25) is 0 Å². The number of hydrogen-bond donors (Lipinski definition) is 3. The number of ether oxygens (including phenoxy) is 1. The number of halogens is 1. The van der Waals surface area contributed by atoms with Crippen molar-refractivity contribution in [3.63, 3.8) is 0 Å². The number of amides is 1. The molecule has 2 aromatic rings. The fourth-order valence-electron chi connectivity index (χ4n) is 2.28. The minimum absolute atomic E-state index is 0.0363. The predicted octanol–water partition coefficient (Wildman–Crippen LogP) is 3.98. The Balaban J connectivity index is 2.05. The molecular weight excluding hydrogens is 378 g/mol. The van der Waals surface area contributed by atoms with Gasteiger partial charge in [-0.25, -0.2) is 11.4 Å². The standard InChI is InChI=1S/C20H22ClN5O2/c1-13(15-5-9-17(21)10-6-15)16-7-11-18(12-8-16)28-20(3,4)19(27)23-14(2)24-26-25-22/h5-12H,1-2H2,3-4H3,(H2,22,26)(H,23,27)(H,24,25). The highest BCUT2D eigenvalue weighted by atomic mass is 35.5. The second kappa shape index (κ2) is 9.16. The van der Waals surface area contributed by atoms with Crippen molar-refractivity contribution in [1.82, 2.24) is 10.9 Å². The summed E-state index contributed by atoms with van der Waals surface area (Å²) in [6.07, 6.45) is 0. The normalized spacial score (nSPS) is 11.1. The molecule has 0 unspecified atom stereocenters. The summed E-state index contributed by atoms with van der Waals surface area (Å²) in [4.78, 5) is 12.4. The quantitative estimate of drug-likeness (QED) is 0.355. The molecule has 0 bridgehead atoms. The molecule has 0 heterocycles. The number of carbonyl (C=O) groups is 1. The van der Waals surface area contributed by atoms with Crippen LogP contribution in [0.3, 0.4) is 0 Å². The van der Waals surface area contributed by atoms with Crippen molar-refractivity contribution in [3.8, 4) is 5.75 Å². The summed E-state index contributed by atoms with van der Waals surface area (Å²) in [5.41, 5.74) is 3.57. The highest BCUT2D eigenvalue weighted by Gasteiger charge is 2.30. The average Bonchev–Trinajstić information content (AvgIpc) is 2.66. The lowest BCUT2D eigenvalue weighted by atomic mass is 9.99. The van der Waals surface area contributed by atoms with Gasteiger partial charge in [-0.05, 0) is 54.8 Å². The zero-order chi connectivity index (χ0) is 20.7. The molecule has 0 radical (unpaired) electrons. The molecule has 146 valence electrons. The van der Waals surface area contributed by atoms with Crippen LogP contribution in [0.15, 0.2) is 77.8 Å². The van der Waals surface area contributed by atoms with Crippen LogP contribution in [0.25, 0.3) is 5.57 Å². The lowest BCUT2D eigenvalue weighted by Gasteiger charge is -2.25. The molecule has 4 N–H and O–H groups in total. The molecule has 0 aliphatic rings. The minimum Gasteiger partial charge on any atom is -0.478 e. The van der Waals surface area contributed by atoms with E-state index in [0.29, 0.717) is 10.8 Å². The summed E-state index contributed by atoms with van der Waals surface area (Å²) < 4.78 is 5.81. The van der Waals surface area contributed by atoms with E-state index in [4.69, 9.17) is 22.2 Å². The first-order valence-electron chi connectivity index (χ1n) is 8.34. The monoisotopic (exact) mass is 399 g/mol. The Bertz CT molecular complexity index is 890. The number of nitrogens with one attached hydrogen (secondary N) is 2. The number of nitrogens with two attached hydrogens (primary N) is 1. The second-order valence-corrected chi connectivity index (χ2v) is 6.79. The SMILES string of the molecule is C=C(/N=N\NN)NC(=O)C(C)(C)Oc1ccc(C(=C)c2ccc(Cl)cc2)cc1. The Morgan fingerprint density at radius 3 is 2.14 bits per heavy atom. The van der Waals surface area contributed by atoms with Crippen molar-refractivity contribution in [2.75, 3.05) is 0 Å². The van der Waals surface area contributed by atoms with Crippen molar-refractivity contribution in [3.05, 3.63) is 83.7 Å². The lowest BCUT2D eigenvalue weighted by molar-refractivity contribution is -0.133. The molecule has 0 saturated heterocycles. The van der Waals surface area contributed by atoms with Gasteiger partial charge in [-0.15, -0.1) is 5.11 Å². The summed E-state index contributed by atoms with van der Waals surface area (Å²) in [6.45, 7) is 10.9. The highest BCUT2D eigenvalue weighted by molar-refractivity contribution is 6.30. The van der Waals surface area contributed by atoms with Gasteiger partial charge in [-0.1, -0.05) is 54.2 Å². The molecule has 0 atom stereocenters. The van der Waals surface area contributed by atoms with Crippen LogP contribution in [0.5, 0.6) is 5.75 Å². The molecule has 2 rings (SSSR count). The average molecular weight is 400 g/mol. The van der Waals surface area contributed by atoms with Crippen LogP contribution in [0.1, 0.15) is 25.0 Å². The lowest BCUT2D eigenvalue weighted by Crippen LogP contribution is -2.45. The van der Waals surface area contributed by atoms with Crippen LogP contribution in [0.4, 0.5) is 0 Å². The van der Waals surface area contributed by atoms with Crippen LogP contribution in [0.2, 0.25) is 5.02 Å². The van der Waals surface area contributed by atoms with Gasteiger partial charge in [0.15, 0.2) is 5.60 Å². The number of carbonyl (C=O) groups excluding carboxylic acids is 1. The van der Waals surface area contributed by atoms with E-state index < -0.39 is 11.5 Å². The molecule has 0 fully saturated rings. The number of hydrogen-bond acceptors (Lipinski definition) is 5. The molecule has 28 heavy (non-hydrogen) atoms. The van der Waals surface area contributed by atoms with Crippen molar-refractivity contribution in [2.45, 2.75) is 19.4 Å². The molecule has 0 spiro atoms. The topological polar surface area (TPSA) is 101 Å². The maximum Gasteiger partial charge on any atom is 0.269 e. The van der Waals surface area contributed by atoms with E-state index in [1.807, 2.05) is 41.9 Å². The van der Waals surface area contributed by atoms with Crippen LogP contribution >= 0.6 is 11.6 Å². The van der Waals surface area contributed by atoms with E-state index in [2.05, 4.69) is 28.8 Å². The van der Waals surface area contributed by atoms with Crippen molar-refractivity contribution < 1.29 is 9.53 Å². The fraction of sp³-hybridized carbons (Fsp3) is 0.150. The molecule has 0 aromatic heterocycles. The fourth-order valence-corrected chi connectivity index (χ4v) is 2.40. The van der Waals surface area contributed by atoms with Gasteiger partial charge < -0.3 is 10.1 Å². The Morgan fingerprint density at radius 2 is 1.61 bits per heavy atom. The van der Waals surface area contributed by atoms with Gasteiger partial charge in [-0.2, -0.15) is 0 Å². The van der Waals surface area contributed by atoms with Gasteiger partial charge in [0.05, 0.1) is 0 Å². The molecule has 0 aliphatic heterocycles. The first-order valence-corrected chi connectivity index (χ1v) is 8.72.